The Bertz CT molecular complexity index is 1450. The van der Waals surface area contributed by atoms with Crippen LogP contribution in [-0.2, 0) is 39.1 Å². The maximum Gasteiger partial charge on any atom is 0.243 e. The highest BCUT2D eigenvalue weighted by Crippen LogP contribution is 2.22. The molecule has 1 aliphatic heterocycles. The van der Waals surface area contributed by atoms with E-state index >= 15 is 0 Å². The second-order valence-electron chi connectivity index (χ2n) is 10.3. The first-order valence-corrected chi connectivity index (χ1v) is 15.6. The number of hydrogen-bond donors (Lipinski definition) is 1. The molecule has 10 heteroatoms. The molecule has 1 aliphatic rings. The van der Waals surface area contributed by atoms with Crippen LogP contribution in [0.25, 0.3) is 0 Å². The summed E-state index contributed by atoms with van der Waals surface area (Å²) in [6.45, 7) is 3.33. The topological polar surface area (TPSA) is 105 Å². The minimum atomic E-state index is -3.49. The smallest absolute Gasteiger partial charge is 0.243 e. The number of carbonyl (C=O) groups excluding carboxylic acids is 2. The zero-order valence-electron chi connectivity index (χ0n) is 24.4. The van der Waals surface area contributed by atoms with Crippen molar-refractivity contribution in [2.24, 2.45) is 0 Å². The van der Waals surface area contributed by atoms with Crippen LogP contribution >= 0.6 is 0 Å². The molecule has 1 atom stereocenters. The summed E-state index contributed by atoms with van der Waals surface area (Å²) in [4.78, 5) is 28.6. The van der Waals surface area contributed by atoms with Gasteiger partial charge in [0.2, 0.25) is 21.8 Å². The molecule has 1 N–H and O–H groups in total. The summed E-state index contributed by atoms with van der Waals surface area (Å²) in [5, 5.41) is 2.94. The van der Waals surface area contributed by atoms with Gasteiger partial charge in [-0.15, -0.1) is 0 Å². The van der Waals surface area contributed by atoms with E-state index in [2.05, 4.69) is 5.32 Å². The Labute approximate surface area is 248 Å². The van der Waals surface area contributed by atoms with Gasteiger partial charge in [-0.3, -0.25) is 9.59 Å². The third-order valence-electron chi connectivity index (χ3n) is 7.58. The molecule has 0 bridgehead atoms. The SMILES string of the molecule is COc1ccc(CN(C(=O)CCc2ccc(S(=O)(=O)N3CCCC3)cc2)[C@H](C)C(=O)NCc2ccccc2OC)cc1. The largest absolute Gasteiger partial charge is 0.497 e. The van der Waals surface area contributed by atoms with Crippen molar-refractivity contribution in [3.05, 3.63) is 89.5 Å². The fourth-order valence-electron chi connectivity index (χ4n) is 4.99. The van der Waals surface area contributed by atoms with Crippen LogP contribution in [0.3, 0.4) is 0 Å². The fraction of sp³-hybridized carbons (Fsp3) is 0.375. The third kappa shape index (κ3) is 7.68. The van der Waals surface area contributed by atoms with Crippen molar-refractivity contribution in [2.45, 2.75) is 56.6 Å². The number of amides is 2. The lowest BCUT2D eigenvalue weighted by molar-refractivity contribution is -0.140. The van der Waals surface area contributed by atoms with E-state index in [0.717, 1.165) is 29.5 Å². The van der Waals surface area contributed by atoms with Gasteiger partial charge in [-0.25, -0.2) is 8.42 Å². The van der Waals surface area contributed by atoms with Crippen LogP contribution in [0.2, 0.25) is 0 Å². The first kappa shape index (κ1) is 31.1. The maximum atomic E-state index is 13.6. The van der Waals surface area contributed by atoms with Crippen LogP contribution < -0.4 is 14.8 Å². The molecule has 224 valence electrons. The number of ether oxygens (including phenoxy) is 2. The van der Waals surface area contributed by atoms with E-state index in [1.54, 1.807) is 50.3 Å². The molecular weight excluding hydrogens is 554 g/mol. The Morgan fingerprint density at radius 1 is 0.905 bits per heavy atom. The van der Waals surface area contributed by atoms with E-state index in [0.29, 0.717) is 31.0 Å². The monoisotopic (exact) mass is 593 g/mol. The molecule has 0 spiro atoms. The predicted molar refractivity (Wildman–Crippen MR) is 161 cm³/mol. The summed E-state index contributed by atoms with van der Waals surface area (Å²) < 4.78 is 37.8. The highest BCUT2D eigenvalue weighted by atomic mass is 32.2. The predicted octanol–water partition coefficient (Wildman–Crippen LogP) is 4.15. The van der Waals surface area contributed by atoms with Crippen LogP contribution in [0.5, 0.6) is 11.5 Å². The first-order valence-electron chi connectivity index (χ1n) is 14.1. The summed E-state index contributed by atoms with van der Waals surface area (Å²) in [5.74, 6) is 0.920. The van der Waals surface area contributed by atoms with Crippen LogP contribution in [-0.4, -0.2) is 62.8 Å². The zero-order chi connectivity index (χ0) is 30.1. The van der Waals surface area contributed by atoms with Gasteiger partial charge in [-0.05, 0) is 67.6 Å². The molecule has 3 aromatic carbocycles. The Hall–Kier alpha value is -3.89. The quantitative estimate of drug-likeness (QED) is 0.319. The Kier molecular flexibility index (Phi) is 10.6. The van der Waals surface area contributed by atoms with E-state index in [-0.39, 0.29) is 36.2 Å². The molecule has 0 radical (unpaired) electrons. The third-order valence-corrected chi connectivity index (χ3v) is 9.49. The van der Waals surface area contributed by atoms with Gasteiger partial charge in [-0.2, -0.15) is 4.31 Å². The van der Waals surface area contributed by atoms with Gasteiger partial charge in [0.1, 0.15) is 17.5 Å². The number of carbonyl (C=O) groups is 2. The second kappa shape index (κ2) is 14.3. The summed E-state index contributed by atoms with van der Waals surface area (Å²) in [6.07, 6.45) is 2.34. The van der Waals surface area contributed by atoms with Crippen molar-refractivity contribution in [3.8, 4) is 11.5 Å². The van der Waals surface area contributed by atoms with E-state index in [9.17, 15) is 18.0 Å². The van der Waals surface area contributed by atoms with Crippen molar-refractivity contribution in [2.75, 3.05) is 27.3 Å². The number of nitrogens with zero attached hydrogens (tertiary/aromatic N) is 2. The van der Waals surface area contributed by atoms with Gasteiger partial charge in [-0.1, -0.05) is 42.5 Å². The number of benzene rings is 3. The minimum absolute atomic E-state index is 0.165. The standard InChI is InChI=1S/C32H39N3O6S/c1-24(32(37)33-22-27-8-4-5-9-30(27)41-3)35(23-26-10-15-28(40-2)16-11-26)31(36)19-14-25-12-17-29(18-13-25)42(38,39)34-20-6-7-21-34/h4-5,8-13,15-18,24H,6-7,14,19-23H2,1-3H3,(H,33,37)/t24-/m1/s1. The van der Waals surface area contributed by atoms with Crippen molar-refractivity contribution in [1.29, 1.82) is 0 Å². The molecule has 0 aliphatic carbocycles. The lowest BCUT2D eigenvalue weighted by Crippen LogP contribution is -2.47. The average molecular weight is 594 g/mol. The van der Waals surface area contributed by atoms with E-state index in [1.807, 2.05) is 48.5 Å². The maximum absolute atomic E-state index is 13.6. The molecule has 0 saturated carbocycles. The summed E-state index contributed by atoms with van der Waals surface area (Å²) in [7, 11) is -0.321. The van der Waals surface area contributed by atoms with Crippen LogP contribution in [0, 0.1) is 0 Å². The zero-order valence-corrected chi connectivity index (χ0v) is 25.2. The Morgan fingerprint density at radius 3 is 2.19 bits per heavy atom. The highest BCUT2D eigenvalue weighted by molar-refractivity contribution is 7.89. The molecule has 0 unspecified atom stereocenters. The molecule has 9 nitrogen and oxygen atoms in total. The van der Waals surface area contributed by atoms with Crippen molar-refractivity contribution < 1.29 is 27.5 Å². The molecular formula is C32H39N3O6S. The van der Waals surface area contributed by atoms with Gasteiger partial charge in [0.25, 0.3) is 0 Å². The number of para-hydroxylation sites is 1. The Balaban J connectivity index is 1.44. The van der Waals surface area contributed by atoms with Crippen molar-refractivity contribution in [1.82, 2.24) is 14.5 Å². The van der Waals surface area contributed by atoms with Crippen molar-refractivity contribution in [3.63, 3.8) is 0 Å². The van der Waals surface area contributed by atoms with E-state index in [4.69, 9.17) is 9.47 Å². The molecule has 1 saturated heterocycles. The van der Waals surface area contributed by atoms with Gasteiger partial charge < -0.3 is 19.7 Å². The van der Waals surface area contributed by atoms with Gasteiger partial charge in [0, 0.05) is 38.2 Å². The normalized spacial score (nSPS) is 14.3. The average Bonchev–Trinajstić information content (AvgIpc) is 3.58. The molecule has 1 fully saturated rings. The Morgan fingerprint density at radius 2 is 1.55 bits per heavy atom. The second-order valence-corrected chi connectivity index (χ2v) is 12.3. The van der Waals surface area contributed by atoms with Crippen LogP contribution in [0.15, 0.2) is 77.7 Å². The van der Waals surface area contributed by atoms with Gasteiger partial charge in [0.15, 0.2) is 0 Å². The lowest BCUT2D eigenvalue weighted by Gasteiger charge is -2.29. The van der Waals surface area contributed by atoms with E-state index < -0.39 is 16.1 Å². The van der Waals surface area contributed by atoms with Crippen LogP contribution in [0.4, 0.5) is 0 Å². The van der Waals surface area contributed by atoms with Crippen molar-refractivity contribution >= 4 is 21.8 Å². The van der Waals surface area contributed by atoms with E-state index in [1.165, 1.54) is 4.31 Å². The minimum Gasteiger partial charge on any atom is -0.497 e. The number of rotatable bonds is 13. The fourth-order valence-corrected chi connectivity index (χ4v) is 6.51. The number of sulfonamides is 1. The number of aryl methyl sites for hydroxylation is 1. The number of methoxy groups -OCH3 is 2. The number of nitrogens with one attached hydrogen (secondary N) is 1. The molecule has 1 heterocycles. The van der Waals surface area contributed by atoms with Crippen LogP contribution in [0.1, 0.15) is 42.9 Å². The highest BCUT2D eigenvalue weighted by Gasteiger charge is 2.28. The first-order chi connectivity index (χ1) is 20.2. The molecule has 42 heavy (non-hydrogen) atoms. The molecule has 4 rings (SSSR count). The molecule has 0 aromatic heterocycles. The van der Waals surface area contributed by atoms with Gasteiger partial charge in [0.05, 0.1) is 19.1 Å². The summed E-state index contributed by atoms with van der Waals surface area (Å²) in [5.41, 5.74) is 2.55. The molecule has 2 amide bonds. The van der Waals surface area contributed by atoms with Gasteiger partial charge >= 0.3 is 0 Å². The lowest BCUT2D eigenvalue weighted by atomic mass is 10.1. The number of hydrogen-bond acceptors (Lipinski definition) is 6. The summed E-state index contributed by atoms with van der Waals surface area (Å²) >= 11 is 0. The summed E-state index contributed by atoms with van der Waals surface area (Å²) in [6, 6.07) is 20.8. The molecule has 3 aromatic rings.